The summed E-state index contributed by atoms with van der Waals surface area (Å²) in [5, 5.41) is 10.3. The van der Waals surface area contributed by atoms with Gasteiger partial charge in [-0.05, 0) is 74.7 Å². The van der Waals surface area contributed by atoms with E-state index in [4.69, 9.17) is 4.74 Å². The van der Waals surface area contributed by atoms with Crippen LogP contribution < -0.4 is 15.4 Å². The molecule has 8 heteroatoms. The maximum absolute atomic E-state index is 13.5. The number of aryl methyl sites for hydroxylation is 1. The second-order valence-corrected chi connectivity index (χ2v) is 8.71. The highest BCUT2D eigenvalue weighted by Crippen LogP contribution is 2.31. The predicted octanol–water partition coefficient (Wildman–Crippen LogP) is 5.32. The quantitative estimate of drug-likeness (QED) is 0.388. The van der Waals surface area contributed by atoms with Gasteiger partial charge in [-0.1, -0.05) is 23.8 Å². The van der Waals surface area contributed by atoms with Crippen LogP contribution in [0.15, 0.2) is 66.7 Å². The van der Waals surface area contributed by atoms with E-state index in [1.807, 2.05) is 35.9 Å². The van der Waals surface area contributed by atoms with Crippen molar-refractivity contribution in [1.29, 1.82) is 0 Å². The van der Waals surface area contributed by atoms with E-state index in [9.17, 15) is 14.0 Å². The SMILES string of the molecule is COc1ccc(NC(=O)c2nn(-c3ccc(C)cc3)c3c2CCC3)cc1NC(=O)c1cccc(F)c1. The van der Waals surface area contributed by atoms with Crippen LogP contribution in [-0.4, -0.2) is 28.7 Å². The summed E-state index contributed by atoms with van der Waals surface area (Å²) in [6, 6.07) is 18.4. The number of carbonyl (C=O) groups excluding carboxylic acids is 2. The Labute approximate surface area is 207 Å². The summed E-state index contributed by atoms with van der Waals surface area (Å²) in [6.45, 7) is 2.03. The van der Waals surface area contributed by atoms with E-state index in [0.717, 1.165) is 47.8 Å². The third-order valence-corrected chi connectivity index (χ3v) is 6.22. The van der Waals surface area contributed by atoms with Crippen molar-refractivity contribution in [2.45, 2.75) is 26.2 Å². The molecule has 0 atom stereocenters. The second kappa shape index (κ2) is 9.65. The highest BCUT2D eigenvalue weighted by atomic mass is 19.1. The molecule has 0 spiro atoms. The first-order chi connectivity index (χ1) is 17.4. The van der Waals surface area contributed by atoms with Gasteiger partial charge in [0.25, 0.3) is 11.8 Å². The minimum absolute atomic E-state index is 0.170. The van der Waals surface area contributed by atoms with Crippen molar-refractivity contribution in [1.82, 2.24) is 9.78 Å². The number of hydrogen-bond donors (Lipinski definition) is 2. The van der Waals surface area contributed by atoms with E-state index < -0.39 is 11.7 Å². The van der Waals surface area contributed by atoms with E-state index in [1.165, 1.54) is 25.3 Å². The van der Waals surface area contributed by atoms with Gasteiger partial charge in [0.1, 0.15) is 11.6 Å². The third-order valence-electron chi connectivity index (χ3n) is 6.22. The fraction of sp³-hybridized carbons (Fsp3) is 0.179. The molecule has 0 aliphatic heterocycles. The summed E-state index contributed by atoms with van der Waals surface area (Å²) in [5.74, 6) is -0.923. The number of methoxy groups -OCH3 is 1. The van der Waals surface area contributed by atoms with E-state index in [2.05, 4.69) is 15.7 Å². The Balaban J connectivity index is 1.40. The Kier molecular flexibility index (Phi) is 6.25. The van der Waals surface area contributed by atoms with Crippen LogP contribution in [0.3, 0.4) is 0 Å². The number of ether oxygens (including phenoxy) is 1. The van der Waals surface area contributed by atoms with Crippen molar-refractivity contribution < 1.29 is 18.7 Å². The van der Waals surface area contributed by atoms with Gasteiger partial charge in [-0.25, -0.2) is 9.07 Å². The zero-order chi connectivity index (χ0) is 25.2. The molecule has 0 fully saturated rings. The minimum atomic E-state index is -0.506. The molecule has 0 bridgehead atoms. The maximum Gasteiger partial charge on any atom is 0.276 e. The number of hydrogen-bond acceptors (Lipinski definition) is 4. The summed E-state index contributed by atoms with van der Waals surface area (Å²) in [5.41, 5.74) is 5.47. The molecular formula is C28H25FN4O3. The van der Waals surface area contributed by atoms with E-state index >= 15 is 0 Å². The number of aromatic nitrogens is 2. The standard InChI is InChI=1S/C28H25FN4O3/c1-17-9-12-21(13-10-17)33-24-8-4-7-22(24)26(32-33)28(35)30-20-11-14-25(36-2)23(16-20)31-27(34)18-5-3-6-19(29)15-18/h3,5-6,9-16H,4,7-8H2,1-2H3,(H,30,35)(H,31,34). The van der Waals surface area contributed by atoms with Crippen molar-refractivity contribution in [3.8, 4) is 11.4 Å². The van der Waals surface area contributed by atoms with Crippen LogP contribution in [0.4, 0.5) is 15.8 Å². The summed E-state index contributed by atoms with van der Waals surface area (Å²) in [7, 11) is 1.48. The van der Waals surface area contributed by atoms with Crippen LogP contribution in [0, 0.1) is 12.7 Å². The number of rotatable bonds is 6. The van der Waals surface area contributed by atoms with Crippen LogP contribution in [0.1, 0.15) is 44.1 Å². The van der Waals surface area contributed by atoms with Gasteiger partial charge in [-0.2, -0.15) is 5.10 Å². The van der Waals surface area contributed by atoms with Crippen molar-refractivity contribution in [3.63, 3.8) is 0 Å². The average Bonchev–Trinajstić information content (AvgIpc) is 3.48. The van der Waals surface area contributed by atoms with Gasteiger partial charge >= 0.3 is 0 Å². The lowest BCUT2D eigenvalue weighted by molar-refractivity contribution is 0.101. The summed E-state index contributed by atoms with van der Waals surface area (Å²) in [4.78, 5) is 25.9. The molecule has 0 saturated heterocycles. The van der Waals surface area contributed by atoms with Gasteiger partial charge in [-0.15, -0.1) is 0 Å². The number of carbonyl (C=O) groups is 2. The van der Waals surface area contributed by atoms with E-state index in [0.29, 0.717) is 22.8 Å². The molecule has 0 saturated carbocycles. The lowest BCUT2D eigenvalue weighted by atomic mass is 10.1. The van der Waals surface area contributed by atoms with Crippen LogP contribution in [0.25, 0.3) is 5.69 Å². The molecule has 2 amide bonds. The molecule has 1 heterocycles. The molecule has 182 valence electrons. The Morgan fingerprint density at radius 1 is 0.972 bits per heavy atom. The van der Waals surface area contributed by atoms with Gasteiger partial charge in [0, 0.05) is 22.5 Å². The minimum Gasteiger partial charge on any atom is -0.495 e. The Morgan fingerprint density at radius 2 is 1.78 bits per heavy atom. The molecule has 3 aromatic carbocycles. The van der Waals surface area contributed by atoms with Gasteiger partial charge in [0.15, 0.2) is 5.69 Å². The van der Waals surface area contributed by atoms with Crippen LogP contribution >= 0.6 is 0 Å². The monoisotopic (exact) mass is 484 g/mol. The summed E-state index contributed by atoms with van der Waals surface area (Å²) >= 11 is 0. The van der Waals surface area contributed by atoms with E-state index in [1.54, 1.807) is 18.2 Å². The first-order valence-electron chi connectivity index (χ1n) is 11.7. The largest absolute Gasteiger partial charge is 0.495 e. The predicted molar refractivity (Wildman–Crippen MR) is 136 cm³/mol. The molecule has 1 aromatic heterocycles. The molecule has 36 heavy (non-hydrogen) atoms. The highest BCUT2D eigenvalue weighted by Gasteiger charge is 2.27. The van der Waals surface area contributed by atoms with Crippen molar-refractivity contribution in [2.24, 2.45) is 0 Å². The molecule has 0 radical (unpaired) electrons. The fourth-order valence-corrected chi connectivity index (χ4v) is 4.42. The zero-order valence-electron chi connectivity index (χ0n) is 20.0. The van der Waals surface area contributed by atoms with Crippen LogP contribution in [0.5, 0.6) is 5.75 Å². The van der Waals surface area contributed by atoms with Gasteiger partial charge in [0.05, 0.1) is 18.5 Å². The normalized spacial score (nSPS) is 12.2. The molecular weight excluding hydrogens is 459 g/mol. The van der Waals surface area contributed by atoms with Crippen molar-refractivity contribution in [3.05, 3.63) is 101 Å². The first kappa shape index (κ1) is 23.3. The molecule has 1 aliphatic rings. The van der Waals surface area contributed by atoms with E-state index in [-0.39, 0.29) is 11.5 Å². The molecule has 4 aromatic rings. The number of benzene rings is 3. The van der Waals surface area contributed by atoms with Gasteiger partial charge < -0.3 is 15.4 Å². The number of anilines is 2. The maximum atomic E-state index is 13.5. The molecule has 0 unspecified atom stereocenters. The van der Waals surface area contributed by atoms with Crippen molar-refractivity contribution >= 4 is 23.2 Å². The number of nitrogens with one attached hydrogen (secondary N) is 2. The Hall–Kier alpha value is -4.46. The molecule has 7 nitrogen and oxygen atoms in total. The number of fused-ring (bicyclic) bond motifs is 1. The average molecular weight is 485 g/mol. The fourth-order valence-electron chi connectivity index (χ4n) is 4.42. The third kappa shape index (κ3) is 4.57. The molecule has 1 aliphatic carbocycles. The number of amides is 2. The lowest BCUT2D eigenvalue weighted by Gasteiger charge is -2.13. The summed E-state index contributed by atoms with van der Waals surface area (Å²) in [6.07, 6.45) is 2.63. The second-order valence-electron chi connectivity index (χ2n) is 8.71. The zero-order valence-corrected chi connectivity index (χ0v) is 20.0. The Morgan fingerprint density at radius 3 is 2.53 bits per heavy atom. The smallest absolute Gasteiger partial charge is 0.276 e. The first-order valence-corrected chi connectivity index (χ1v) is 11.7. The number of nitrogens with zero attached hydrogens (tertiary/aromatic N) is 2. The highest BCUT2D eigenvalue weighted by molar-refractivity contribution is 6.07. The van der Waals surface area contributed by atoms with Gasteiger partial charge in [-0.3, -0.25) is 9.59 Å². The molecule has 5 rings (SSSR count). The topological polar surface area (TPSA) is 85.2 Å². The lowest BCUT2D eigenvalue weighted by Crippen LogP contribution is -2.16. The summed E-state index contributed by atoms with van der Waals surface area (Å²) < 4.78 is 20.8. The van der Waals surface area contributed by atoms with Crippen molar-refractivity contribution in [2.75, 3.05) is 17.7 Å². The molecule has 2 N–H and O–H groups in total. The van der Waals surface area contributed by atoms with Crippen LogP contribution in [-0.2, 0) is 12.8 Å². The number of halogens is 1. The van der Waals surface area contributed by atoms with Crippen LogP contribution in [0.2, 0.25) is 0 Å². The van der Waals surface area contributed by atoms with Gasteiger partial charge in [0.2, 0.25) is 0 Å². The Bertz CT molecular complexity index is 1460.